The van der Waals surface area contributed by atoms with Gasteiger partial charge in [0.2, 0.25) is 0 Å². The Morgan fingerprint density at radius 3 is 2.53 bits per heavy atom. The highest BCUT2D eigenvalue weighted by atomic mass is 35.5. The van der Waals surface area contributed by atoms with E-state index >= 15 is 0 Å². The van der Waals surface area contributed by atoms with Gasteiger partial charge < -0.3 is 9.47 Å². The standard InChI is InChI=1S/C11H12Cl2O2/c1-14-10-7-8(4-3-5-12)6-9(13)11(10)15-2/h3-4,6-7H,5H2,1-2H3. The fourth-order valence-corrected chi connectivity index (χ4v) is 1.60. The molecule has 0 atom stereocenters. The molecule has 2 nitrogen and oxygen atoms in total. The molecule has 0 N–H and O–H groups in total. The highest BCUT2D eigenvalue weighted by Gasteiger charge is 2.09. The molecule has 1 aromatic rings. The van der Waals surface area contributed by atoms with Crippen LogP contribution in [-0.4, -0.2) is 20.1 Å². The molecular weight excluding hydrogens is 235 g/mol. The molecule has 1 aromatic carbocycles. The molecule has 0 heterocycles. The number of benzene rings is 1. The summed E-state index contributed by atoms with van der Waals surface area (Å²) < 4.78 is 10.3. The Labute approximate surface area is 99.4 Å². The first kappa shape index (κ1) is 12.2. The van der Waals surface area contributed by atoms with Gasteiger partial charge in [-0.05, 0) is 17.7 Å². The van der Waals surface area contributed by atoms with E-state index in [9.17, 15) is 0 Å². The smallest absolute Gasteiger partial charge is 0.179 e. The van der Waals surface area contributed by atoms with Crippen molar-refractivity contribution in [3.05, 3.63) is 28.8 Å². The Bertz CT molecular complexity index is 362. The van der Waals surface area contributed by atoms with Crippen LogP contribution in [0.15, 0.2) is 18.2 Å². The summed E-state index contributed by atoms with van der Waals surface area (Å²) in [6.45, 7) is 0. The van der Waals surface area contributed by atoms with Gasteiger partial charge in [-0.15, -0.1) is 11.6 Å². The van der Waals surface area contributed by atoms with Crippen molar-refractivity contribution in [2.75, 3.05) is 20.1 Å². The fourth-order valence-electron chi connectivity index (χ4n) is 1.21. The summed E-state index contributed by atoms with van der Waals surface area (Å²) in [6.07, 6.45) is 3.71. The fraction of sp³-hybridized carbons (Fsp3) is 0.273. The van der Waals surface area contributed by atoms with Gasteiger partial charge in [-0.2, -0.15) is 0 Å². The van der Waals surface area contributed by atoms with Crippen LogP contribution >= 0.6 is 23.2 Å². The SMILES string of the molecule is COc1cc(C=CCCl)cc(Cl)c1OC. The molecule has 4 heteroatoms. The molecule has 0 spiro atoms. The maximum absolute atomic E-state index is 6.02. The summed E-state index contributed by atoms with van der Waals surface area (Å²) in [5.74, 6) is 1.62. The van der Waals surface area contributed by atoms with E-state index in [1.165, 1.54) is 0 Å². The minimum absolute atomic E-state index is 0.464. The van der Waals surface area contributed by atoms with Gasteiger partial charge in [0.15, 0.2) is 11.5 Å². The van der Waals surface area contributed by atoms with Crippen LogP contribution in [0.3, 0.4) is 0 Å². The number of hydrogen-bond donors (Lipinski definition) is 0. The van der Waals surface area contributed by atoms with Crippen molar-refractivity contribution in [2.24, 2.45) is 0 Å². The van der Waals surface area contributed by atoms with Crippen molar-refractivity contribution < 1.29 is 9.47 Å². The van der Waals surface area contributed by atoms with E-state index < -0.39 is 0 Å². The zero-order valence-corrected chi connectivity index (χ0v) is 10.1. The molecule has 0 unspecified atom stereocenters. The Morgan fingerprint density at radius 1 is 1.27 bits per heavy atom. The molecule has 0 aliphatic rings. The minimum atomic E-state index is 0.464. The molecule has 0 aliphatic carbocycles. The lowest BCUT2D eigenvalue weighted by Crippen LogP contribution is -1.92. The number of rotatable bonds is 4. The maximum atomic E-state index is 6.02. The van der Waals surface area contributed by atoms with Crippen LogP contribution in [0.4, 0.5) is 0 Å². The van der Waals surface area contributed by atoms with Crippen molar-refractivity contribution in [3.8, 4) is 11.5 Å². The highest BCUT2D eigenvalue weighted by Crippen LogP contribution is 2.36. The van der Waals surface area contributed by atoms with E-state index in [1.807, 2.05) is 18.2 Å². The van der Waals surface area contributed by atoms with E-state index in [4.69, 9.17) is 32.7 Å². The zero-order chi connectivity index (χ0) is 11.3. The molecule has 15 heavy (non-hydrogen) atoms. The van der Waals surface area contributed by atoms with Gasteiger partial charge in [-0.25, -0.2) is 0 Å². The number of methoxy groups -OCH3 is 2. The lowest BCUT2D eigenvalue weighted by Gasteiger charge is -2.10. The van der Waals surface area contributed by atoms with Crippen LogP contribution in [0, 0.1) is 0 Å². The predicted octanol–water partition coefficient (Wildman–Crippen LogP) is 3.61. The van der Waals surface area contributed by atoms with Crippen LogP contribution in [-0.2, 0) is 0 Å². The summed E-state index contributed by atoms with van der Waals surface area (Å²) in [7, 11) is 3.13. The Hall–Kier alpha value is -0.860. The molecular formula is C11H12Cl2O2. The third-order valence-corrected chi connectivity index (χ3v) is 2.31. The average Bonchev–Trinajstić information content (AvgIpc) is 2.25. The van der Waals surface area contributed by atoms with E-state index in [2.05, 4.69) is 0 Å². The molecule has 1 rings (SSSR count). The van der Waals surface area contributed by atoms with Crippen molar-refractivity contribution >= 4 is 29.3 Å². The summed E-state index contributed by atoms with van der Waals surface area (Å²) >= 11 is 11.6. The third-order valence-electron chi connectivity index (χ3n) is 1.86. The normalized spacial score (nSPS) is 10.7. The third kappa shape index (κ3) is 3.05. The maximum Gasteiger partial charge on any atom is 0.179 e. The van der Waals surface area contributed by atoms with E-state index in [-0.39, 0.29) is 0 Å². The first-order chi connectivity index (χ1) is 7.22. The molecule has 0 radical (unpaired) electrons. The summed E-state index contributed by atoms with van der Waals surface area (Å²) in [5.41, 5.74) is 0.929. The number of alkyl halides is 1. The van der Waals surface area contributed by atoms with Gasteiger partial charge >= 0.3 is 0 Å². The van der Waals surface area contributed by atoms with Crippen LogP contribution in [0.5, 0.6) is 11.5 Å². The van der Waals surface area contributed by atoms with E-state index in [1.54, 1.807) is 20.3 Å². The van der Waals surface area contributed by atoms with Crippen LogP contribution in [0.25, 0.3) is 6.08 Å². The predicted molar refractivity (Wildman–Crippen MR) is 64.3 cm³/mol. The number of ether oxygens (including phenoxy) is 2. The van der Waals surface area contributed by atoms with Crippen molar-refractivity contribution in [2.45, 2.75) is 0 Å². The van der Waals surface area contributed by atoms with Crippen molar-refractivity contribution in [1.82, 2.24) is 0 Å². The Morgan fingerprint density at radius 2 is 2.00 bits per heavy atom. The zero-order valence-electron chi connectivity index (χ0n) is 8.59. The first-order valence-corrected chi connectivity index (χ1v) is 5.28. The molecule has 82 valence electrons. The minimum Gasteiger partial charge on any atom is -0.493 e. The van der Waals surface area contributed by atoms with Crippen LogP contribution in [0.2, 0.25) is 5.02 Å². The topological polar surface area (TPSA) is 18.5 Å². The van der Waals surface area contributed by atoms with Gasteiger partial charge in [-0.1, -0.05) is 23.8 Å². The van der Waals surface area contributed by atoms with Crippen molar-refractivity contribution in [1.29, 1.82) is 0 Å². The molecule has 0 fully saturated rings. The monoisotopic (exact) mass is 246 g/mol. The number of halogens is 2. The first-order valence-electron chi connectivity index (χ1n) is 4.37. The summed E-state index contributed by atoms with van der Waals surface area (Å²) in [5, 5.41) is 0.520. The molecule has 0 aromatic heterocycles. The second-order valence-electron chi connectivity index (χ2n) is 2.79. The largest absolute Gasteiger partial charge is 0.493 e. The second-order valence-corrected chi connectivity index (χ2v) is 3.51. The summed E-state index contributed by atoms with van der Waals surface area (Å²) in [6, 6.07) is 3.64. The molecule has 0 saturated carbocycles. The van der Waals surface area contributed by atoms with Gasteiger partial charge in [0, 0.05) is 5.88 Å². The molecule has 0 amide bonds. The van der Waals surface area contributed by atoms with Crippen LogP contribution in [0.1, 0.15) is 5.56 Å². The van der Waals surface area contributed by atoms with Gasteiger partial charge in [0.25, 0.3) is 0 Å². The van der Waals surface area contributed by atoms with E-state index in [0.717, 1.165) is 5.56 Å². The Balaban J connectivity index is 3.13. The van der Waals surface area contributed by atoms with Gasteiger partial charge in [0.1, 0.15) is 0 Å². The lowest BCUT2D eigenvalue weighted by atomic mass is 10.2. The van der Waals surface area contributed by atoms with Crippen molar-refractivity contribution in [3.63, 3.8) is 0 Å². The lowest BCUT2D eigenvalue weighted by molar-refractivity contribution is 0.355. The molecule has 0 aliphatic heterocycles. The summed E-state index contributed by atoms with van der Waals surface area (Å²) in [4.78, 5) is 0. The highest BCUT2D eigenvalue weighted by molar-refractivity contribution is 6.32. The number of allylic oxidation sites excluding steroid dienone is 1. The Kier molecular flexibility index (Phi) is 4.79. The second kappa shape index (κ2) is 5.89. The van der Waals surface area contributed by atoms with Gasteiger partial charge in [0.05, 0.1) is 19.2 Å². The number of hydrogen-bond acceptors (Lipinski definition) is 2. The average molecular weight is 247 g/mol. The quantitative estimate of drug-likeness (QED) is 0.756. The van der Waals surface area contributed by atoms with E-state index in [0.29, 0.717) is 22.4 Å². The van der Waals surface area contributed by atoms with Crippen LogP contribution < -0.4 is 9.47 Å². The van der Waals surface area contributed by atoms with Gasteiger partial charge in [-0.3, -0.25) is 0 Å². The molecule has 0 bridgehead atoms. The molecule has 0 saturated heterocycles.